The summed E-state index contributed by atoms with van der Waals surface area (Å²) in [4.78, 5) is 11.5. The maximum absolute atomic E-state index is 10.8. The molecule has 2 nitrogen and oxygen atoms in total. The van der Waals surface area contributed by atoms with Crippen LogP contribution in [-0.4, -0.2) is 10.8 Å². The van der Waals surface area contributed by atoms with Gasteiger partial charge >= 0.3 is 0 Å². The van der Waals surface area contributed by atoms with Crippen LogP contribution < -0.4 is 5.32 Å². The molecule has 3 aromatic carbocycles. The molecule has 0 bridgehead atoms. The van der Waals surface area contributed by atoms with Gasteiger partial charge in [0.15, 0.2) is 5.78 Å². The number of carbonyl (C=O) groups is 1. The Morgan fingerprint density at radius 1 is 0.886 bits per heavy atom. The summed E-state index contributed by atoms with van der Waals surface area (Å²) in [6.45, 7) is 20.3. The third kappa shape index (κ3) is 11.0. The van der Waals surface area contributed by atoms with Crippen LogP contribution in [0.15, 0.2) is 73.3 Å². The minimum atomic E-state index is 0.00519. The first-order chi connectivity index (χ1) is 16.2. The molecule has 0 aliphatic heterocycles. The van der Waals surface area contributed by atoms with Crippen molar-refractivity contribution in [1.29, 1.82) is 0 Å². The molecule has 0 saturated heterocycles. The molecule has 0 fully saturated rings. The van der Waals surface area contributed by atoms with Crippen molar-refractivity contribution in [2.75, 3.05) is 0 Å². The maximum atomic E-state index is 10.8. The van der Waals surface area contributed by atoms with Crippen LogP contribution in [0.3, 0.4) is 0 Å². The van der Waals surface area contributed by atoms with Gasteiger partial charge in [-0.3, -0.25) is 4.79 Å². The molecule has 186 valence electrons. The summed E-state index contributed by atoms with van der Waals surface area (Å²) in [5.74, 6) is 0.00519. The monoisotopic (exact) mass is 507 g/mol. The summed E-state index contributed by atoms with van der Waals surface area (Å²) < 4.78 is 0. The van der Waals surface area contributed by atoms with Crippen LogP contribution >= 0.6 is 23.8 Å². The number of hydrogen-bond acceptors (Lipinski definition) is 2. The molecule has 0 aliphatic carbocycles. The molecular formula is C31H38ClNOS. The van der Waals surface area contributed by atoms with Crippen LogP contribution in [0.2, 0.25) is 5.02 Å². The van der Waals surface area contributed by atoms with Gasteiger partial charge in [-0.15, -0.1) is 0 Å². The number of Topliss-reactive ketones (excluding diaryl/α,β-unsaturated/α-hetero) is 1. The fourth-order valence-electron chi connectivity index (χ4n) is 3.09. The molecule has 0 heterocycles. The molecule has 3 aromatic rings. The number of ketones is 1. The molecule has 3 rings (SSSR count). The molecule has 4 heteroatoms. The number of aryl methyl sites for hydroxylation is 3. The normalized spacial score (nSPS) is 10.2. The second kappa shape index (κ2) is 14.0. The van der Waals surface area contributed by atoms with Crippen molar-refractivity contribution >= 4 is 40.3 Å². The van der Waals surface area contributed by atoms with Crippen LogP contribution in [0.25, 0.3) is 5.70 Å². The first kappa shape index (κ1) is 30.3. The first-order valence-electron chi connectivity index (χ1n) is 11.6. The average Bonchev–Trinajstić information content (AvgIpc) is 2.76. The van der Waals surface area contributed by atoms with Crippen LogP contribution in [0, 0.1) is 20.8 Å². The summed E-state index contributed by atoms with van der Waals surface area (Å²) in [5, 5.41) is 3.58. The Kier molecular flexibility index (Phi) is 12.1. The number of thiocarbonyl (C=S) groups is 1. The van der Waals surface area contributed by atoms with E-state index in [0.29, 0.717) is 10.6 Å². The summed E-state index contributed by atoms with van der Waals surface area (Å²) in [6, 6.07) is 22.0. The highest BCUT2D eigenvalue weighted by molar-refractivity contribution is 7.80. The number of rotatable bonds is 3. The summed E-state index contributed by atoms with van der Waals surface area (Å²) in [7, 11) is 0. The van der Waals surface area contributed by atoms with E-state index in [1.807, 2.05) is 6.92 Å². The van der Waals surface area contributed by atoms with Gasteiger partial charge in [-0.2, -0.15) is 0 Å². The van der Waals surface area contributed by atoms with Gasteiger partial charge in [0.2, 0.25) is 0 Å². The lowest BCUT2D eigenvalue weighted by Gasteiger charge is -2.19. The number of carbonyl (C=O) groups excluding carboxylic acids is 1. The quantitative estimate of drug-likeness (QED) is 0.283. The van der Waals surface area contributed by atoms with Crippen molar-refractivity contribution in [3.63, 3.8) is 0 Å². The highest BCUT2D eigenvalue weighted by Gasteiger charge is 2.13. The van der Waals surface area contributed by atoms with Gasteiger partial charge in [0.05, 0.1) is 10.0 Å². The number of nitrogens with one attached hydrogen (secondary N) is 1. The van der Waals surface area contributed by atoms with Crippen molar-refractivity contribution in [3.8, 4) is 0 Å². The highest BCUT2D eigenvalue weighted by Crippen LogP contribution is 2.23. The van der Waals surface area contributed by atoms with E-state index in [2.05, 4.69) is 95.9 Å². The van der Waals surface area contributed by atoms with Crippen molar-refractivity contribution < 1.29 is 4.79 Å². The molecule has 0 spiro atoms. The Hall–Kier alpha value is -2.75. The molecule has 0 unspecified atom stereocenters. The van der Waals surface area contributed by atoms with Gasteiger partial charge < -0.3 is 5.32 Å². The first-order valence-corrected chi connectivity index (χ1v) is 12.4. The Morgan fingerprint density at radius 2 is 1.46 bits per heavy atom. The van der Waals surface area contributed by atoms with Crippen LogP contribution in [0.5, 0.6) is 0 Å². The standard InChI is InChI=1S/C14H19NS.C9H12.C8H7ClO/c1-10(15-11(2)16)12-6-8-13(9-7-12)14(3,4)5;1-7-4-5-8(2)9(3)6-7;1-6(10)7-4-2-3-5-8(7)9/h6-9H,1H2,2-5H3,(H,15,16);4-6H,1-3H3;2-5H,1H3. The molecule has 0 aromatic heterocycles. The zero-order valence-electron chi connectivity index (χ0n) is 22.3. The molecular weight excluding hydrogens is 470 g/mol. The van der Waals surface area contributed by atoms with Crippen LogP contribution in [-0.2, 0) is 5.41 Å². The molecule has 0 atom stereocenters. The lowest BCUT2D eigenvalue weighted by atomic mass is 9.86. The van der Waals surface area contributed by atoms with E-state index in [1.54, 1.807) is 24.3 Å². The topological polar surface area (TPSA) is 29.1 Å². The third-order valence-corrected chi connectivity index (χ3v) is 5.77. The summed E-state index contributed by atoms with van der Waals surface area (Å²) in [5.41, 5.74) is 8.14. The SMILES string of the molecule is C=C(NC(C)=S)c1ccc(C(C)(C)C)cc1.CC(=O)c1ccccc1Cl.Cc1ccc(C)c(C)c1. The highest BCUT2D eigenvalue weighted by atomic mass is 35.5. The minimum absolute atomic E-state index is 0.00519. The molecule has 35 heavy (non-hydrogen) atoms. The van der Waals surface area contributed by atoms with Crippen molar-refractivity contribution in [2.24, 2.45) is 0 Å². The fraction of sp³-hybridized carbons (Fsp3) is 0.290. The van der Waals surface area contributed by atoms with E-state index in [9.17, 15) is 4.79 Å². The van der Waals surface area contributed by atoms with Gasteiger partial charge in [-0.25, -0.2) is 0 Å². The molecule has 0 radical (unpaired) electrons. The van der Waals surface area contributed by atoms with Gasteiger partial charge in [0, 0.05) is 11.3 Å². The Bertz CT molecular complexity index is 1160. The minimum Gasteiger partial charge on any atom is -0.350 e. The van der Waals surface area contributed by atoms with E-state index < -0.39 is 0 Å². The second-order valence-electron chi connectivity index (χ2n) is 9.61. The molecule has 0 aliphatic rings. The fourth-order valence-corrected chi connectivity index (χ4v) is 3.49. The predicted octanol–water partition coefficient (Wildman–Crippen LogP) is 9.05. The van der Waals surface area contributed by atoms with Crippen molar-refractivity contribution in [3.05, 3.63) is 112 Å². The zero-order valence-corrected chi connectivity index (χ0v) is 23.8. The van der Waals surface area contributed by atoms with Crippen LogP contribution in [0.4, 0.5) is 0 Å². The number of halogens is 1. The lowest BCUT2D eigenvalue weighted by molar-refractivity contribution is 0.101. The molecule has 1 N–H and O–H groups in total. The van der Waals surface area contributed by atoms with Gasteiger partial charge in [-0.1, -0.05) is 111 Å². The Balaban J connectivity index is 0.000000278. The zero-order chi connectivity index (χ0) is 26.8. The van der Waals surface area contributed by atoms with Crippen LogP contribution in [0.1, 0.15) is 72.8 Å². The predicted molar refractivity (Wildman–Crippen MR) is 158 cm³/mol. The van der Waals surface area contributed by atoms with Gasteiger partial charge in [0.1, 0.15) is 0 Å². The smallest absolute Gasteiger partial charge is 0.161 e. The average molecular weight is 508 g/mol. The summed E-state index contributed by atoms with van der Waals surface area (Å²) >= 11 is 10.7. The largest absolute Gasteiger partial charge is 0.350 e. The Morgan fingerprint density at radius 3 is 1.86 bits per heavy atom. The second-order valence-corrected chi connectivity index (χ2v) is 10.6. The van der Waals surface area contributed by atoms with Crippen molar-refractivity contribution in [2.45, 2.75) is 60.8 Å². The third-order valence-electron chi connectivity index (χ3n) is 5.34. The number of benzene rings is 3. The number of hydrogen-bond donors (Lipinski definition) is 1. The van der Waals surface area contributed by atoms with E-state index in [1.165, 1.54) is 29.2 Å². The van der Waals surface area contributed by atoms with E-state index >= 15 is 0 Å². The van der Waals surface area contributed by atoms with Gasteiger partial charge in [0.25, 0.3) is 0 Å². The van der Waals surface area contributed by atoms with Gasteiger partial charge in [-0.05, 0) is 74.4 Å². The maximum Gasteiger partial charge on any atom is 0.161 e. The van der Waals surface area contributed by atoms with E-state index in [0.717, 1.165) is 16.2 Å². The molecule has 0 amide bonds. The summed E-state index contributed by atoms with van der Waals surface area (Å²) in [6.07, 6.45) is 0. The van der Waals surface area contributed by atoms with E-state index in [4.69, 9.17) is 23.8 Å². The Labute approximate surface area is 222 Å². The van der Waals surface area contributed by atoms with E-state index in [-0.39, 0.29) is 11.2 Å². The van der Waals surface area contributed by atoms with Crippen molar-refractivity contribution in [1.82, 2.24) is 5.32 Å². The molecule has 0 saturated carbocycles. The lowest BCUT2D eigenvalue weighted by Crippen LogP contribution is -2.16.